The van der Waals surface area contributed by atoms with Gasteiger partial charge >= 0.3 is 0 Å². The molecule has 19 heavy (non-hydrogen) atoms. The minimum absolute atomic E-state index is 0.341. The van der Waals surface area contributed by atoms with Gasteiger partial charge in [0.05, 0.1) is 6.10 Å². The van der Waals surface area contributed by atoms with Crippen molar-refractivity contribution in [2.75, 3.05) is 11.4 Å². The van der Waals surface area contributed by atoms with Crippen molar-refractivity contribution in [2.45, 2.75) is 20.0 Å². The third-order valence-corrected chi connectivity index (χ3v) is 3.12. The molecule has 100 valence electrons. The fraction of sp³-hybridized carbons (Fsp3) is 0.250. The number of aliphatic hydroxyl groups is 1. The highest BCUT2D eigenvalue weighted by molar-refractivity contribution is 5.67. The van der Waals surface area contributed by atoms with E-state index in [9.17, 15) is 9.50 Å². The van der Waals surface area contributed by atoms with Gasteiger partial charge in [0.15, 0.2) is 0 Å². The first-order chi connectivity index (χ1) is 9.15. The Morgan fingerprint density at radius 1 is 1.11 bits per heavy atom. The average Bonchev–Trinajstić information content (AvgIpc) is 2.40. The number of hydrogen-bond donors (Lipinski definition) is 1. The molecule has 0 radical (unpaired) electrons. The molecule has 0 aliphatic carbocycles. The van der Waals surface area contributed by atoms with Gasteiger partial charge in [0.25, 0.3) is 0 Å². The highest BCUT2D eigenvalue weighted by Crippen LogP contribution is 2.33. The van der Waals surface area contributed by atoms with Crippen LogP contribution in [-0.2, 0) is 0 Å². The summed E-state index contributed by atoms with van der Waals surface area (Å²) >= 11 is 0. The van der Waals surface area contributed by atoms with Crippen molar-refractivity contribution in [3.8, 4) is 0 Å². The molecule has 0 heterocycles. The summed E-state index contributed by atoms with van der Waals surface area (Å²) in [5.74, 6) is -0.373. The quantitative estimate of drug-likeness (QED) is 0.895. The monoisotopic (exact) mass is 259 g/mol. The van der Waals surface area contributed by atoms with E-state index < -0.39 is 6.10 Å². The number of nitrogens with zero attached hydrogens (tertiary/aromatic N) is 1. The Hall–Kier alpha value is -1.87. The summed E-state index contributed by atoms with van der Waals surface area (Å²) in [7, 11) is 0. The average molecular weight is 259 g/mol. The molecule has 0 saturated carbocycles. The second-order valence-electron chi connectivity index (χ2n) is 4.43. The molecule has 2 aromatic carbocycles. The van der Waals surface area contributed by atoms with E-state index in [0.29, 0.717) is 17.8 Å². The minimum Gasteiger partial charge on any atom is -0.389 e. The first-order valence-electron chi connectivity index (χ1n) is 6.44. The predicted molar refractivity (Wildman–Crippen MR) is 76.2 cm³/mol. The maximum Gasteiger partial charge on any atom is 0.131 e. The zero-order valence-electron chi connectivity index (χ0n) is 11.2. The number of hydrogen-bond acceptors (Lipinski definition) is 2. The summed E-state index contributed by atoms with van der Waals surface area (Å²) in [6.45, 7) is 4.29. The van der Waals surface area contributed by atoms with Gasteiger partial charge in [-0.3, -0.25) is 0 Å². The number of halogens is 1. The van der Waals surface area contributed by atoms with Crippen LogP contribution >= 0.6 is 0 Å². The predicted octanol–water partition coefficient (Wildman–Crippen LogP) is 4.04. The summed E-state index contributed by atoms with van der Waals surface area (Å²) in [6, 6.07) is 14.7. The SMILES string of the molecule is CCN(c1ccccc1)c1cccc(F)c1[C@H](C)O. The van der Waals surface area contributed by atoms with Crippen LogP contribution in [0.5, 0.6) is 0 Å². The number of benzene rings is 2. The fourth-order valence-corrected chi connectivity index (χ4v) is 2.27. The lowest BCUT2D eigenvalue weighted by Gasteiger charge is -2.27. The molecule has 2 nitrogen and oxygen atoms in total. The fourth-order valence-electron chi connectivity index (χ4n) is 2.27. The molecule has 0 aliphatic heterocycles. The van der Waals surface area contributed by atoms with E-state index >= 15 is 0 Å². The van der Waals surface area contributed by atoms with E-state index in [4.69, 9.17) is 0 Å². The second-order valence-corrected chi connectivity index (χ2v) is 4.43. The van der Waals surface area contributed by atoms with Crippen LogP contribution in [0.2, 0.25) is 0 Å². The number of anilines is 2. The van der Waals surface area contributed by atoms with E-state index in [-0.39, 0.29) is 5.82 Å². The van der Waals surface area contributed by atoms with Gasteiger partial charge in [0, 0.05) is 23.5 Å². The number of aliphatic hydroxyl groups excluding tert-OH is 1. The Morgan fingerprint density at radius 3 is 2.37 bits per heavy atom. The molecule has 0 bridgehead atoms. The van der Waals surface area contributed by atoms with Gasteiger partial charge in [-0.2, -0.15) is 0 Å². The van der Waals surface area contributed by atoms with E-state index in [0.717, 1.165) is 5.69 Å². The standard InChI is InChI=1S/C16H18FNO/c1-3-18(13-8-5-4-6-9-13)15-11-7-10-14(17)16(15)12(2)19/h4-12,19H,3H2,1-2H3/t12-/m0/s1. The second kappa shape index (κ2) is 5.85. The first-order valence-corrected chi connectivity index (χ1v) is 6.44. The third-order valence-electron chi connectivity index (χ3n) is 3.12. The molecular formula is C16H18FNO. The molecule has 0 unspecified atom stereocenters. The van der Waals surface area contributed by atoms with Gasteiger partial charge in [0.2, 0.25) is 0 Å². The molecule has 0 spiro atoms. The lowest BCUT2D eigenvalue weighted by molar-refractivity contribution is 0.194. The van der Waals surface area contributed by atoms with Crippen LogP contribution in [-0.4, -0.2) is 11.7 Å². The molecule has 0 saturated heterocycles. The van der Waals surface area contributed by atoms with Crippen LogP contribution in [0.1, 0.15) is 25.5 Å². The molecule has 0 aliphatic rings. The van der Waals surface area contributed by atoms with Gasteiger partial charge in [-0.25, -0.2) is 4.39 Å². The van der Waals surface area contributed by atoms with Gasteiger partial charge in [-0.05, 0) is 38.1 Å². The molecular weight excluding hydrogens is 241 g/mol. The van der Waals surface area contributed by atoms with Crippen LogP contribution in [0.15, 0.2) is 48.5 Å². The molecule has 2 rings (SSSR count). The lowest BCUT2D eigenvalue weighted by atomic mass is 10.1. The van der Waals surface area contributed by atoms with Crippen LogP contribution < -0.4 is 4.90 Å². The molecule has 1 N–H and O–H groups in total. The summed E-state index contributed by atoms with van der Waals surface area (Å²) in [6.07, 6.45) is -0.839. The largest absolute Gasteiger partial charge is 0.389 e. The van der Waals surface area contributed by atoms with Crippen molar-refractivity contribution < 1.29 is 9.50 Å². The zero-order chi connectivity index (χ0) is 13.8. The topological polar surface area (TPSA) is 23.5 Å². The highest BCUT2D eigenvalue weighted by atomic mass is 19.1. The normalized spacial score (nSPS) is 12.2. The van der Waals surface area contributed by atoms with Crippen LogP contribution in [0, 0.1) is 5.82 Å². The Bertz CT molecular complexity index is 540. The molecule has 0 amide bonds. The van der Waals surface area contributed by atoms with Crippen molar-refractivity contribution in [1.82, 2.24) is 0 Å². The Kier molecular flexibility index (Phi) is 4.17. The Labute approximate surface area is 113 Å². The lowest BCUT2D eigenvalue weighted by Crippen LogP contribution is -2.19. The summed E-state index contributed by atoms with van der Waals surface area (Å²) in [4.78, 5) is 1.99. The molecule has 2 aromatic rings. The van der Waals surface area contributed by atoms with Crippen LogP contribution in [0.3, 0.4) is 0 Å². The smallest absolute Gasteiger partial charge is 0.131 e. The van der Waals surface area contributed by atoms with Gasteiger partial charge in [-0.15, -0.1) is 0 Å². The summed E-state index contributed by atoms with van der Waals surface area (Å²) in [5, 5.41) is 9.81. The van der Waals surface area contributed by atoms with Crippen LogP contribution in [0.4, 0.5) is 15.8 Å². The van der Waals surface area contributed by atoms with Crippen molar-refractivity contribution in [2.24, 2.45) is 0 Å². The highest BCUT2D eigenvalue weighted by Gasteiger charge is 2.18. The van der Waals surface area contributed by atoms with Crippen LogP contribution in [0.25, 0.3) is 0 Å². The summed E-state index contributed by atoms with van der Waals surface area (Å²) < 4.78 is 13.9. The molecule has 0 aromatic heterocycles. The third kappa shape index (κ3) is 2.76. The van der Waals surface area contributed by atoms with E-state index in [1.807, 2.05) is 48.2 Å². The molecule has 0 fully saturated rings. The van der Waals surface area contributed by atoms with Crippen molar-refractivity contribution in [3.63, 3.8) is 0 Å². The maximum absolute atomic E-state index is 13.9. The zero-order valence-corrected chi connectivity index (χ0v) is 11.2. The van der Waals surface area contributed by atoms with Gasteiger partial charge in [0.1, 0.15) is 5.82 Å². The van der Waals surface area contributed by atoms with Crippen molar-refractivity contribution >= 4 is 11.4 Å². The van der Waals surface area contributed by atoms with Crippen molar-refractivity contribution in [1.29, 1.82) is 0 Å². The Balaban J connectivity index is 2.53. The summed E-state index contributed by atoms with van der Waals surface area (Å²) in [5.41, 5.74) is 2.04. The van der Waals surface area contributed by atoms with Gasteiger partial charge in [-0.1, -0.05) is 24.3 Å². The number of para-hydroxylation sites is 1. The molecule has 3 heteroatoms. The van der Waals surface area contributed by atoms with E-state index in [1.54, 1.807) is 13.0 Å². The van der Waals surface area contributed by atoms with Gasteiger partial charge < -0.3 is 10.0 Å². The van der Waals surface area contributed by atoms with E-state index in [2.05, 4.69) is 0 Å². The molecule has 1 atom stereocenters. The Morgan fingerprint density at radius 2 is 1.79 bits per heavy atom. The minimum atomic E-state index is -0.839. The first kappa shape index (κ1) is 13.6. The maximum atomic E-state index is 13.9. The van der Waals surface area contributed by atoms with Crippen molar-refractivity contribution in [3.05, 3.63) is 59.9 Å². The number of rotatable bonds is 4. The van der Waals surface area contributed by atoms with E-state index in [1.165, 1.54) is 6.07 Å².